The number of rotatable bonds is 8. The van der Waals surface area contributed by atoms with Crippen molar-refractivity contribution in [1.82, 2.24) is 15.0 Å². The number of benzene rings is 1. The fraction of sp³-hybridized carbons (Fsp3) is 0.625. The summed E-state index contributed by atoms with van der Waals surface area (Å²) < 4.78 is 2.15. The molecule has 3 nitrogen and oxygen atoms in total. The molecule has 1 aromatic heterocycles. The summed E-state index contributed by atoms with van der Waals surface area (Å²) >= 11 is 0. The Labute approximate surface area is 132 Å². The van der Waals surface area contributed by atoms with E-state index >= 15 is 0 Å². The molecule has 0 fully saturated rings. The largest absolute Gasteiger partial charge is 0.242 e. The molecule has 112 valence electrons. The van der Waals surface area contributed by atoms with E-state index in [1.54, 1.807) is 0 Å². The van der Waals surface area contributed by atoms with Crippen LogP contribution >= 0.6 is 17.0 Å². The molecule has 0 bridgehead atoms. The summed E-state index contributed by atoms with van der Waals surface area (Å²) in [5.74, 6) is 0. The van der Waals surface area contributed by atoms with Crippen molar-refractivity contribution in [2.75, 3.05) is 0 Å². The molecule has 0 saturated heterocycles. The third-order valence-electron chi connectivity index (χ3n) is 3.76. The average Bonchev–Trinajstić information content (AvgIpc) is 2.87. The van der Waals surface area contributed by atoms with E-state index < -0.39 is 0 Å². The van der Waals surface area contributed by atoms with E-state index in [4.69, 9.17) is 0 Å². The fourth-order valence-electron chi connectivity index (χ4n) is 2.62. The lowest BCUT2D eigenvalue weighted by atomic mass is 10.0. The van der Waals surface area contributed by atoms with E-state index in [1.165, 1.54) is 50.5 Å². The average molecular weight is 340 g/mol. The summed E-state index contributed by atoms with van der Waals surface area (Å²) in [5, 5.41) is 8.68. The Morgan fingerprint density at radius 3 is 2.45 bits per heavy atom. The summed E-state index contributed by atoms with van der Waals surface area (Å²) in [6, 6.07) is 8.79. The molecule has 0 aliphatic heterocycles. The highest BCUT2D eigenvalue weighted by atomic mass is 79.9. The van der Waals surface area contributed by atoms with E-state index in [0.29, 0.717) is 6.04 Å². The maximum Gasteiger partial charge on any atom is 0.113 e. The Kier molecular flexibility index (Phi) is 7.82. The highest BCUT2D eigenvalue weighted by Crippen LogP contribution is 2.25. The van der Waals surface area contributed by atoms with Crippen LogP contribution in [0.2, 0.25) is 0 Å². The molecule has 0 N–H and O–H groups in total. The van der Waals surface area contributed by atoms with E-state index in [2.05, 4.69) is 41.0 Å². The van der Waals surface area contributed by atoms with Gasteiger partial charge in [0.2, 0.25) is 0 Å². The molecule has 1 atom stereocenters. The van der Waals surface area contributed by atoms with Gasteiger partial charge in [0, 0.05) is 0 Å². The van der Waals surface area contributed by atoms with Gasteiger partial charge in [-0.15, -0.1) is 22.1 Å². The van der Waals surface area contributed by atoms with Crippen LogP contribution in [0.25, 0.3) is 11.0 Å². The molecular formula is C16H26BrN3. The van der Waals surface area contributed by atoms with Crippen LogP contribution in [0.5, 0.6) is 0 Å². The van der Waals surface area contributed by atoms with Crippen molar-refractivity contribution >= 4 is 28.0 Å². The van der Waals surface area contributed by atoms with Gasteiger partial charge in [-0.1, -0.05) is 63.3 Å². The zero-order valence-electron chi connectivity index (χ0n) is 12.6. The van der Waals surface area contributed by atoms with Gasteiger partial charge in [-0.3, -0.25) is 0 Å². The molecule has 4 heteroatoms. The summed E-state index contributed by atoms with van der Waals surface area (Å²) in [7, 11) is 0. The standard InChI is InChI=1S/C16H25N3.BrH/c1-3-5-7-11-14(10-6-4-2)19-16-13-9-8-12-15(16)17-18-19;/h8-9,12-14H,3-7,10-11H2,1-2H3;1H. The summed E-state index contributed by atoms with van der Waals surface area (Å²) in [5.41, 5.74) is 2.19. The van der Waals surface area contributed by atoms with Gasteiger partial charge in [0.25, 0.3) is 0 Å². The molecule has 2 rings (SSSR count). The molecule has 0 saturated carbocycles. The van der Waals surface area contributed by atoms with Crippen molar-refractivity contribution in [3.8, 4) is 0 Å². The minimum Gasteiger partial charge on any atom is -0.242 e. The summed E-state index contributed by atoms with van der Waals surface area (Å²) in [6.07, 6.45) is 8.84. The molecular weight excluding hydrogens is 314 g/mol. The molecule has 0 amide bonds. The van der Waals surface area contributed by atoms with E-state index in [9.17, 15) is 0 Å². The molecule has 1 aromatic carbocycles. The van der Waals surface area contributed by atoms with Crippen LogP contribution in [0.4, 0.5) is 0 Å². The molecule has 1 unspecified atom stereocenters. The number of unbranched alkanes of at least 4 members (excludes halogenated alkanes) is 3. The summed E-state index contributed by atoms with van der Waals surface area (Å²) in [6.45, 7) is 4.51. The molecule has 0 spiro atoms. The Morgan fingerprint density at radius 2 is 1.70 bits per heavy atom. The van der Waals surface area contributed by atoms with Crippen molar-refractivity contribution in [3.63, 3.8) is 0 Å². The van der Waals surface area contributed by atoms with Crippen LogP contribution in [0.1, 0.15) is 64.8 Å². The van der Waals surface area contributed by atoms with Gasteiger partial charge in [0.1, 0.15) is 5.52 Å². The molecule has 2 aromatic rings. The van der Waals surface area contributed by atoms with Crippen LogP contribution in [-0.2, 0) is 0 Å². The van der Waals surface area contributed by atoms with E-state index in [1.807, 2.05) is 12.1 Å². The van der Waals surface area contributed by atoms with Gasteiger partial charge in [0.05, 0.1) is 11.6 Å². The number of halogens is 1. The van der Waals surface area contributed by atoms with Gasteiger partial charge in [-0.25, -0.2) is 4.68 Å². The first-order chi connectivity index (χ1) is 9.36. The molecule has 0 aliphatic rings. The third-order valence-corrected chi connectivity index (χ3v) is 3.76. The topological polar surface area (TPSA) is 30.7 Å². The van der Waals surface area contributed by atoms with Crippen molar-refractivity contribution in [1.29, 1.82) is 0 Å². The maximum atomic E-state index is 4.39. The Balaban J connectivity index is 0.00000200. The molecule has 20 heavy (non-hydrogen) atoms. The van der Waals surface area contributed by atoms with Gasteiger partial charge < -0.3 is 0 Å². The second kappa shape index (κ2) is 9.11. The second-order valence-electron chi connectivity index (χ2n) is 5.31. The maximum absolute atomic E-state index is 4.39. The fourth-order valence-corrected chi connectivity index (χ4v) is 2.62. The SMILES string of the molecule is Br.CCCCCC(CCCC)n1nnc2ccccc21. The first kappa shape index (κ1) is 17.2. The highest BCUT2D eigenvalue weighted by molar-refractivity contribution is 8.93. The summed E-state index contributed by atoms with van der Waals surface area (Å²) in [4.78, 5) is 0. The number of para-hydroxylation sites is 1. The normalized spacial score (nSPS) is 12.3. The van der Waals surface area contributed by atoms with Crippen LogP contribution in [-0.4, -0.2) is 15.0 Å². The lowest BCUT2D eigenvalue weighted by Gasteiger charge is -2.17. The van der Waals surface area contributed by atoms with Crippen LogP contribution in [0, 0.1) is 0 Å². The Bertz CT molecular complexity index is 495. The first-order valence-electron chi connectivity index (χ1n) is 7.66. The van der Waals surface area contributed by atoms with E-state index in [-0.39, 0.29) is 17.0 Å². The first-order valence-corrected chi connectivity index (χ1v) is 7.66. The zero-order chi connectivity index (χ0) is 13.5. The quantitative estimate of drug-likeness (QED) is 0.609. The van der Waals surface area contributed by atoms with Crippen molar-refractivity contribution in [2.45, 2.75) is 64.8 Å². The number of fused-ring (bicyclic) bond motifs is 1. The highest BCUT2D eigenvalue weighted by Gasteiger charge is 2.14. The predicted molar refractivity (Wildman–Crippen MR) is 90.6 cm³/mol. The van der Waals surface area contributed by atoms with Crippen LogP contribution in [0.15, 0.2) is 24.3 Å². The number of nitrogens with zero attached hydrogens (tertiary/aromatic N) is 3. The zero-order valence-corrected chi connectivity index (χ0v) is 14.3. The second-order valence-corrected chi connectivity index (χ2v) is 5.31. The van der Waals surface area contributed by atoms with Gasteiger partial charge in [-0.2, -0.15) is 0 Å². The smallest absolute Gasteiger partial charge is 0.113 e. The minimum absolute atomic E-state index is 0. The predicted octanol–water partition coefficient (Wildman–Crippen LogP) is 5.32. The monoisotopic (exact) mass is 339 g/mol. The third kappa shape index (κ3) is 4.30. The lowest BCUT2D eigenvalue weighted by Crippen LogP contribution is -2.11. The lowest BCUT2D eigenvalue weighted by molar-refractivity contribution is 0.376. The van der Waals surface area contributed by atoms with Gasteiger partial charge in [0.15, 0.2) is 0 Å². The molecule has 0 aliphatic carbocycles. The van der Waals surface area contributed by atoms with Crippen LogP contribution in [0.3, 0.4) is 0 Å². The minimum atomic E-state index is 0. The number of hydrogen-bond acceptors (Lipinski definition) is 2. The Hall–Kier alpha value is -0.900. The van der Waals surface area contributed by atoms with Crippen molar-refractivity contribution in [2.24, 2.45) is 0 Å². The van der Waals surface area contributed by atoms with E-state index in [0.717, 1.165) is 5.52 Å². The van der Waals surface area contributed by atoms with Gasteiger partial charge >= 0.3 is 0 Å². The molecule has 1 heterocycles. The number of hydrogen-bond donors (Lipinski definition) is 0. The number of aromatic nitrogens is 3. The van der Waals surface area contributed by atoms with Crippen LogP contribution < -0.4 is 0 Å². The molecule has 0 radical (unpaired) electrons. The Morgan fingerprint density at radius 1 is 1.00 bits per heavy atom. The van der Waals surface area contributed by atoms with Crippen molar-refractivity contribution in [3.05, 3.63) is 24.3 Å². The van der Waals surface area contributed by atoms with Crippen molar-refractivity contribution < 1.29 is 0 Å². The van der Waals surface area contributed by atoms with Gasteiger partial charge in [-0.05, 0) is 25.0 Å².